The minimum absolute atomic E-state index is 0.0492. The van der Waals surface area contributed by atoms with Crippen LogP contribution in [-0.4, -0.2) is 39.2 Å². The molecule has 0 saturated heterocycles. The second-order valence-electron chi connectivity index (χ2n) is 11.9. The Kier molecular flexibility index (Phi) is 7.68. The highest BCUT2D eigenvalue weighted by atomic mass is 16.5. The second-order valence-corrected chi connectivity index (χ2v) is 11.9. The predicted octanol–water partition coefficient (Wildman–Crippen LogP) is 6.71. The smallest absolute Gasteiger partial charge is 0.338 e. The molecule has 2 aromatic carbocycles. The van der Waals surface area contributed by atoms with E-state index in [0.29, 0.717) is 23.3 Å². The first-order valence-corrected chi connectivity index (χ1v) is 14.3. The summed E-state index contributed by atoms with van der Waals surface area (Å²) in [5.74, 6) is 0.995. The van der Waals surface area contributed by atoms with Gasteiger partial charge in [0, 0.05) is 29.9 Å². The lowest BCUT2D eigenvalue weighted by atomic mass is 9.87. The Morgan fingerprint density at radius 3 is 2.66 bits per heavy atom. The van der Waals surface area contributed by atoms with Crippen LogP contribution in [0.15, 0.2) is 48.6 Å². The highest BCUT2D eigenvalue weighted by molar-refractivity contribution is 5.97. The zero-order valence-electron chi connectivity index (χ0n) is 25.1. The van der Waals surface area contributed by atoms with E-state index in [-0.39, 0.29) is 18.1 Å². The summed E-state index contributed by atoms with van der Waals surface area (Å²) in [5.41, 5.74) is 4.55. The Labute approximate surface area is 241 Å². The SMILES string of the molecule is COc1cc(C(=O)OC(C)C)cc2nc(-c3cc4ccc5cc4n3CCC/C=C\CC(C)(C)C(=O)N[C@@H]5C)n(C)c12. The topological polar surface area (TPSA) is 87.4 Å². The van der Waals surface area contributed by atoms with Gasteiger partial charge in [-0.05, 0) is 69.9 Å². The van der Waals surface area contributed by atoms with E-state index < -0.39 is 11.4 Å². The van der Waals surface area contributed by atoms with Crippen molar-refractivity contribution in [3.05, 3.63) is 59.7 Å². The van der Waals surface area contributed by atoms with Crippen LogP contribution >= 0.6 is 0 Å². The number of ether oxygens (including phenoxy) is 2. The van der Waals surface area contributed by atoms with Gasteiger partial charge in [0.15, 0.2) is 5.82 Å². The molecule has 1 aliphatic heterocycles. The predicted molar refractivity (Wildman–Crippen MR) is 162 cm³/mol. The average molecular weight is 557 g/mol. The molecule has 1 amide bonds. The van der Waals surface area contributed by atoms with Crippen molar-refractivity contribution in [2.75, 3.05) is 7.11 Å². The van der Waals surface area contributed by atoms with Crippen LogP contribution in [0.25, 0.3) is 33.5 Å². The fourth-order valence-electron chi connectivity index (χ4n) is 5.49. The normalized spacial score (nSPS) is 18.4. The molecule has 8 nitrogen and oxygen atoms in total. The van der Waals surface area contributed by atoms with Gasteiger partial charge in [-0.1, -0.05) is 38.1 Å². The number of benzene rings is 2. The van der Waals surface area contributed by atoms with Crippen LogP contribution in [0.3, 0.4) is 0 Å². The summed E-state index contributed by atoms with van der Waals surface area (Å²) < 4.78 is 15.5. The van der Waals surface area contributed by atoms with Gasteiger partial charge in [-0.3, -0.25) is 4.79 Å². The molecule has 2 bridgehead atoms. The number of esters is 1. The minimum Gasteiger partial charge on any atom is -0.494 e. The zero-order chi connectivity index (χ0) is 29.5. The first kappa shape index (κ1) is 28.5. The van der Waals surface area contributed by atoms with Crippen LogP contribution in [0.2, 0.25) is 0 Å². The van der Waals surface area contributed by atoms with Crippen LogP contribution in [-0.2, 0) is 23.1 Å². The molecule has 0 fully saturated rings. The second kappa shape index (κ2) is 11.1. The first-order chi connectivity index (χ1) is 19.5. The molecule has 0 radical (unpaired) electrons. The highest BCUT2D eigenvalue weighted by Crippen LogP contribution is 2.35. The standard InChI is InChI=1S/C33H40N4O4/c1-20(2)41-31(38)24-16-25-29(28(19-24)40-7)36(6)30(35-25)27-18-23-13-12-22-17-26(23)37(27)15-11-9-8-10-14-33(4,5)32(39)34-21(22)3/h8,10,12-13,16-21H,9,11,14-15H2,1-7H3,(H,34,39)/b10-8-/t21-/m1/s1. The number of allylic oxidation sites excluding steroid dienone is 2. The molecule has 1 N–H and O–H groups in total. The molecule has 0 spiro atoms. The maximum atomic E-state index is 13.1. The van der Waals surface area contributed by atoms with Crippen molar-refractivity contribution in [1.29, 1.82) is 0 Å². The number of rotatable bonds is 4. The third kappa shape index (κ3) is 5.47. The van der Waals surface area contributed by atoms with Crippen molar-refractivity contribution in [3.8, 4) is 17.3 Å². The molecule has 5 rings (SSSR count). The summed E-state index contributed by atoms with van der Waals surface area (Å²) in [5, 5.41) is 4.32. The van der Waals surface area contributed by atoms with Gasteiger partial charge in [0.25, 0.3) is 0 Å². The number of carbonyl (C=O) groups excluding carboxylic acids is 2. The molecule has 41 heavy (non-hydrogen) atoms. The van der Waals surface area contributed by atoms with Gasteiger partial charge in [0.2, 0.25) is 5.91 Å². The van der Waals surface area contributed by atoms with Gasteiger partial charge >= 0.3 is 5.97 Å². The van der Waals surface area contributed by atoms with Gasteiger partial charge in [-0.25, -0.2) is 9.78 Å². The van der Waals surface area contributed by atoms with Crippen molar-refractivity contribution >= 4 is 33.8 Å². The molecule has 0 aliphatic carbocycles. The highest BCUT2D eigenvalue weighted by Gasteiger charge is 2.28. The number of aryl methyl sites for hydroxylation is 2. The van der Waals surface area contributed by atoms with E-state index in [1.54, 1.807) is 19.2 Å². The van der Waals surface area contributed by atoms with Crippen molar-refractivity contribution in [1.82, 2.24) is 19.4 Å². The molecule has 216 valence electrons. The lowest BCUT2D eigenvalue weighted by Gasteiger charge is -2.25. The van der Waals surface area contributed by atoms with Crippen LogP contribution in [0.1, 0.15) is 75.8 Å². The van der Waals surface area contributed by atoms with E-state index >= 15 is 0 Å². The molecular formula is C33H40N4O4. The van der Waals surface area contributed by atoms with Gasteiger partial charge in [-0.2, -0.15) is 0 Å². The van der Waals surface area contributed by atoms with Gasteiger partial charge < -0.3 is 23.9 Å². The third-order valence-electron chi connectivity index (χ3n) is 7.90. The van der Waals surface area contributed by atoms with Crippen LogP contribution in [0.5, 0.6) is 5.75 Å². The van der Waals surface area contributed by atoms with Crippen LogP contribution < -0.4 is 10.1 Å². The van der Waals surface area contributed by atoms with E-state index in [1.165, 1.54) is 0 Å². The monoisotopic (exact) mass is 556 g/mol. The number of fused-ring (bicyclic) bond motifs is 2. The van der Waals surface area contributed by atoms with Crippen LogP contribution in [0.4, 0.5) is 0 Å². The Balaban J connectivity index is 1.64. The molecule has 2 aromatic heterocycles. The fourth-order valence-corrected chi connectivity index (χ4v) is 5.49. The Bertz CT molecular complexity index is 1660. The van der Waals surface area contributed by atoms with E-state index in [0.717, 1.165) is 52.9 Å². The first-order valence-electron chi connectivity index (χ1n) is 14.3. The number of hydrogen-bond donors (Lipinski definition) is 1. The van der Waals surface area contributed by atoms with Gasteiger partial charge in [0.1, 0.15) is 11.3 Å². The summed E-state index contributed by atoms with van der Waals surface area (Å²) in [6.07, 6.45) is 6.62. The van der Waals surface area contributed by atoms with E-state index in [9.17, 15) is 9.59 Å². The van der Waals surface area contributed by atoms with Crippen molar-refractivity contribution in [2.45, 2.75) is 72.6 Å². The summed E-state index contributed by atoms with van der Waals surface area (Å²) in [7, 11) is 3.57. The molecule has 0 unspecified atom stereocenters. The lowest BCUT2D eigenvalue weighted by molar-refractivity contribution is -0.129. The van der Waals surface area contributed by atoms with Gasteiger partial charge in [0.05, 0.1) is 36.0 Å². The average Bonchev–Trinajstić information content (AvgIpc) is 3.45. The maximum absolute atomic E-state index is 13.1. The summed E-state index contributed by atoms with van der Waals surface area (Å²) in [6.45, 7) is 10.5. The lowest BCUT2D eigenvalue weighted by Crippen LogP contribution is -2.38. The van der Waals surface area contributed by atoms with E-state index in [4.69, 9.17) is 14.5 Å². The molecular weight excluding hydrogens is 516 g/mol. The quantitative estimate of drug-likeness (QED) is 0.223. The van der Waals surface area contributed by atoms with E-state index in [2.05, 4.69) is 46.3 Å². The Morgan fingerprint density at radius 1 is 1.15 bits per heavy atom. The van der Waals surface area contributed by atoms with Gasteiger partial charge in [-0.15, -0.1) is 0 Å². The minimum atomic E-state index is -0.473. The number of carbonyl (C=O) groups is 2. The molecule has 1 aliphatic rings. The largest absolute Gasteiger partial charge is 0.494 e. The van der Waals surface area contributed by atoms with Crippen molar-refractivity contribution in [3.63, 3.8) is 0 Å². The van der Waals surface area contributed by atoms with Crippen molar-refractivity contribution in [2.24, 2.45) is 12.5 Å². The zero-order valence-corrected chi connectivity index (χ0v) is 25.1. The Hall–Kier alpha value is -4.07. The number of nitrogens with zero attached hydrogens (tertiary/aromatic N) is 3. The molecule has 8 heteroatoms. The molecule has 1 atom stereocenters. The van der Waals surface area contributed by atoms with E-state index in [1.807, 2.05) is 46.2 Å². The van der Waals surface area contributed by atoms with Crippen molar-refractivity contribution < 1.29 is 19.1 Å². The number of imidazole rings is 1. The summed E-state index contributed by atoms with van der Waals surface area (Å²) >= 11 is 0. The maximum Gasteiger partial charge on any atom is 0.338 e. The summed E-state index contributed by atoms with van der Waals surface area (Å²) in [4.78, 5) is 30.8. The Morgan fingerprint density at radius 2 is 1.93 bits per heavy atom. The number of aromatic nitrogens is 3. The number of hydrogen-bond acceptors (Lipinski definition) is 5. The molecule has 3 heterocycles. The third-order valence-corrected chi connectivity index (χ3v) is 7.90. The number of amides is 1. The molecule has 4 aromatic rings. The number of nitrogens with one attached hydrogen (secondary N) is 1. The fraction of sp³-hybridized carbons (Fsp3) is 0.424. The summed E-state index contributed by atoms with van der Waals surface area (Å²) in [6, 6.07) is 11.9. The number of methoxy groups -OCH3 is 1. The molecule has 0 saturated carbocycles. The van der Waals surface area contributed by atoms with Crippen LogP contribution in [0, 0.1) is 5.41 Å².